The Morgan fingerprint density at radius 1 is 1.09 bits per heavy atom. The molecule has 112 valence electrons. The minimum atomic E-state index is 0.460. The van der Waals surface area contributed by atoms with Gasteiger partial charge in [0.15, 0.2) is 0 Å². The molecule has 0 bridgehead atoms. The van der Waals surface area contributed by atoms with E-state index in [0.717, 1.165) is 37.6 Å². The summed E-state index contributed by atoms with van der Waals surface area (Å²) in [5.74, 6) is 0.635. The van der Waals surface area contributed by atoms with Crippen molar-refractivity contribution in [2.75, 3.05) is 31.2 Å². The highest BCUT2D eigenvalue weighted by Gasteiger charge is 2.13. The van der Waals surface area contributed by atoms with Gasteiger partial charge in [-0.05, 0) is 17.7 Å². The first-order valence-electron chi connectivity index (χ1n) is 7.40. The Labute approximate surface area is 130 Å². The Morgan fingerprint density at radius 3 is 2.59 bits per heavy atom. The van der Waals surface area contributed by atoms with Gasteiger partial charge >= 0.3 is 0 Å². The van der Waals surface area contributed by atoms with Crippen LogP contribution in [0.5, 0.6) is 5.75 Å². The van der Waals surface area contributed by atoms with Gasteiger partial charge in [-0.25, -0.2) is 0 Å². The first kappa shape index (κ1) is 14.4. The van der Waals surface area contributed by atoms with E-state index in [4.69, 9.17) is 9.47 Å². The molecular formula is C18H18N2O2. The van der Waals surface area contributed by atoms with Crippen LogP contribution >= 0.6 is 0 Å². The molecule has 0 unspecified atom stereocenters. The zero-order valence-corrected chi connectivity index (χ0v) is 12.4. The number of rotatable bonds is 4. The molecule has 0 atom stereocenters. The van der Waals surface area contributed by atoms with Gasteiger partial charge < -0.3 is 14.4 Å². The minimum absolute atomic E-state index is 0.460. The molecule has 1 saturated heterocycles. The second-order valence-corrected chi connectivity index (χ2v) is 5.17. The van der Waals surface area contributed by atoms with E-state index in [2.05, 4.69) is 11.0 Å². The molecule has 1 aliphatic heterocycles. The highest BCUT2D eigenvalue weighted by molar-refractivity contribution is 5.57. The summed E-state index contributed by atoms with van der Waals surface area (Å²) in [6.07, 6.45) is 0. The third kappa shape index (κ3) is 3.38. The molecule has 0 saturated carbocycles. The minimum Gasteiger partial charge on any atom is -0.487 e. The average Bonchev–Trinajstić information content (AvgIpc) is 2.61. The maximum absolute atomic E-state index is 9.25. The number of nitriles is 1. The molecule has 0 aliphatic carbocycles. The molecule has 1 aliphatic rings. The first-order chi connectivity index (χ1) is 10.9. The Balaban J connectivity index is 1.77. The van der Waals surface area contributed by atoms with Gasteiger partial charge in [0.2, 0.25) is 0 Å². The van der Waals surface area contributed by atoms with Gasteiger partial charge in [-0.15, -0.1) is 0 Å². The highest BCUT2D eigenvalue weighted by Crippen LogP contribution is 2.26. The van der Waals surface area contributed by atoms with Crippen molar-refractivity contribution in [3.8, 4) is 11.8 Å². The van der Waals surface area contributed by atoms with Gasteiger partial charge in [-0.1, -0.05) is 30.3 Å². The maximum Gasteiger partial charge on any atom is 0.139 e. The van der Waals surface area contributed by atoms with Crippen molar-refractivity contribution in [1.82, 2.24) is 0 Å². The van der Waals surface area contributed by atoms with Crippen molar-refractivity contribution in [3.63, 3.8) is 0 Å². The van der Waals surface area contributed by atoms with E-state index in [1.807, 2.05) is 48.5 Å². The van der Waals surface area contributed by atoms with E-state index in [-0.39, 0.29) is 0 Å². The van der Waals surface area contributed by atoms with Crippen LogP contribution in [-0.2, 0) is 11.3 Å². The summed E-state index contributed by atoms with van der Waals surface area (Å²) in [6.45, 7) is 3.66. The summed E-state index contributed by atoms with van der Waals surface area (Å²) in [5.41, 5.74) is 2.72. The SMILES string of the molecule is N#Cc1ccc(N2CCOCC2)cc1OCc1ccccc1. The molecule has 0 N–H and O–H groups in total. The third-order valence-corrected chi connectivity index (χ3v) is 3.70. The van der Waals surface area contributed by atoms with Gasteiger partial charge in [0.05, 0.1) is 18.8 Å². The molecule has 4 heteroatoms. The fraction of sp³-hybridized carbons (Fsp3) is 0.278. The number of morpholine rings is 1. The molecule has 0 spiro atoms. The molecule has 22 heavy (non-hydrogen) atoms. The van der Waals surface area contributed by atoms with Crippen molar-refractivity contribution in [3.05, 3.63) is 59.7 Å². The summed E-state index contributed by atoms with van der Waals surface area (Å²) < 4.78 is 11.2. The molecule has 3 rings (SSSR count). The van der Waals surface area contributed by atoms with Crippen LogP contribution in [0.1, 0.15) is 11.1 Å². The maximum atomic E-state index is 9.25. The lowest BCUT2D eigenvalue weighted by Gasteiger charge is -2.29. The summed E-state index contributed by atoms with van der Waals surface area (Å²) in [6, 6.07) is 17.9. The van der Waals surface area contributed by atoms with E-state index in [1.165, 1.54) is 0 Å². The van der Waals surface area contributed by atoms with Crippen LogP contribution in [0.2, 0.25) is 0 Å². The molecular weight excluding hydrogens is 276 g/mol. The predicted octanol–water partition coefficient (Wildman–Crippen LogP) is 2.97. The standard InChI is InChI=1S/C18H18N2O2/c19-13-16-6-7-17(20-8-10-21-11-9-20)12-18(16)22-14-15-4-2-1-3-5-15/h1-7,12H,8-11,14H2. The van der Waals surface area contributed by atoms with Gasteiger partial charge in [-0.3, -0.25) is 0 Å². The molecule has 0 aromatic heterocycles. The van der Waals surface area contributed by atoms with Gasteiger partial charge in [-0.2, -0.15) is 5.26 Å². The van der Waals surface area contributed by atoms with Crippen molar-refractivity contribution < 1.29 is 9.47 Å². The summed E-state index contributed by atoms with van der Waals surface area (Å²) in [4.78, 5) is 2.25. The van der Waals surface area contributed by atoms with Crippen molar-refractivity contribution in [1.29, 1.82) is 5.26 Å². The second-order valence-electron chi connectivity index (χ2n) is 5.17. The van der Waals surface area contributed by atoms with E-state index in [1.54, 1.807) is 0 Å². The molecule has 1 heterocycles. The predicted molar refractivity (Wildman–Crippen MR) is 85.0 cm³/mol. The van der Waals surface area contributed by atoms with Crippen molar-refractivity contribution in [2.45, 2.75) is 6.61 Å². The fourth-order valence-corrected chi connectivity index (χ4v) is 2.48. The summed E-state index contributed by atoms with van der Waals surface area (Å²) in [7, 11) is 0. The zero-order chi connectivity index (χ0) is 15.2. The van der Waals surface area contributed by atoms with Crippen LogP contribution < -0.4 is 9.64 Å². The van der Waals surface area contributed by atoms with Gasteiger partial charge in [0.1, 0.15) is 18.4 Å². The van der Waals surface area contributed by atoms with Gasteiger partial charge in [0, 0.05) is 24.8 Å². The van der Waals surface area contributed by atoms with E-state index < -0.39 is 0 Å². The number of hydrogen-bond acceptors (Lipinski definition) is 4. The molecule has 2 aromatic rings. The molecule has 1 fully saturated rings. The Hall–Kier alpha value is -2.51. The van der Waals surface area contributed by atoms with E-state index in [0.29, 0.717) is 17.9 Å². The molecule has 2 aromatic carbocycles. The highest BCUT2D eigenvalue weighted by atomic mass is 16.5. The molecule has 0 radical (unpaired) electrons. The van der Waals surface area contributed by atoms with Crippen molar-refractivity contribution >= 4 is 5.69 Å². The monoisotopic (exact) mass is 294 g/mol. The lowest BCUT2D eigenvalue weighted by molar-refractivity contribution is 0.122. The lowest BCUT2D eigenvalue weighted by atomic mass is 10.1. The Bertz CT molecular complexity index is 659. The van der Waals surface area contributed by atoms with Gasteiger partial charge in [0.25, 0.3) is 0 Å². The normalized spacial score (nSPS) is 14.4. The number of ether oxygens (including phenoxy) is 2. The average molecular weight is 294 g/mol. The summed E-state index contributed by atoms with van der Waals surface area (Å²) >= 11 is 0. The first-order valence-corrected chi connectivity index (χ1v) is 7.40. The zero-order valence-electron chi connectivity index (χ0n) is 12.4. The van der Waals surface area contributed by atoms with Crippen LogP contribution in [0.4, 0.5) is 5.69 Å². The van der Waals surface area contributed by atoms with Crippen LogP contribution in [-0.4, -0.2) is 26.3 Å². The van der Waals surface area contributed by atoms with Crippen LogP contribution in [0, 0.1) is 11.3 Å². The smallest absolute Gasteiger partial charge is 0.139 e. The topological polar surface area (TPSA) is 45.5 Å². The second kappa shape index (κ2) is 6.97. The van der Waals surface area contributed by atoms with Crippen LogP contribution in [0.25, 0.3) is 0 Å². The lowest BCUT2D eigenvalue weighted by Crippen LogP contribution is -2.36. The Kier molecular flexibility index (Phi) is 4.57. The summed E-state index contributed by atoms with van der Waals surface area (Å²) in [5, 5.41) is 9.25. The number of nitrogens with zero attached hydrogens (tertiary/aromatic N) is 2. The van der Waals surface area contributed by atoms with Crippen LogP contribution in [0.3, 0.4) is 0 Å². The quantitative estimate of drug-likeness (QED) is 0.869. The largest absolute Gasteiger partial charge is 0.487 e. The molecule has 0 amide bonds. The van der Waals surface area contributed by atoms with E-state index in [9.17, 15) is 5.26 Å². The third-order valence-electron chi connectivity index (χ3n) is 3.70. The number of anilines is 1. The van der Waals surface area contributed by atoms with Crippen LogP contribution in [0.15, 0.2) is 48.5 Å². The van der Waals surface area contributed by atoms with E-state index >= 15 is 0 Å². The number of hydrogen-bond donors (Lipinski definition) is 0. The van der Waals surface area contributed by atoms with Crippen molar-refractivity contribution in [2.24, 2.45) is 0 Å². The fourth-order valence-electron chi connectivity index (χ4n) is 2.48. The number of benzene rings is 2. The Morgan fingerprint density at radius 2 is 1.86 bits per heavy atom. The molecule has 4 nitrogen and oxygen atoms in total.